The van der Waals surface area contributed by atoms with Crippen molar-refractivity contribution in [2.24, 2.45) is 11.8 Å². The van der Waals surface area contributed by atoms with Gasteiger partial charge in [0.25, 0.3) is 0 Å². The van der Waals surface area contributed by atoms with Gasteiger partial charge in [0.2, 0.25) is 0 Å². The second-order valence-corrected chi connectivity index (χ2v) is 13.9. The van der Waals surface area contributed by atoms with Crippen LogP contribution in [0.25, 0.3) is 0 Å². The third-order valence-electron chi connectivity index (χ3n) is 8.60. The molecule has 0 aromatic rings. The van der Waals surface area contributed by atoms with Crippen molar-refractivity contribution in [1.29, 1.82) is 0 Å². The Morgan fingerprint density at radius 2 is 0.625 bits per heavy atom. The summed E-state index contributed by atoms with van der Waals surface area (Å²) in [5, 5.41) is 0. The largest absolute Gasteiger partial charge is 0.466 e. The Kier molecular flexibility index (Phi) is 32.5. The molecule has 240 valence electrons. The van der Waals surface area contributed by atoms with E-state index >= 15 is 0 Å². The fraction of sp³-hybridized carbons (Fsp3) is 0.974. The zero-order chi connectivity index (χ0) is 29.4. The van der Waals surface area contributed by atoms with Crippen molar-refractivity contribution in [3.63, 3.8) is 0 Å². The van der Waals surface area contributed by atoms with Gasteiger partial charge in [-0.1, -0.05) is 201 Å². The number of carbonyl (C=O) groups excluding carboxylic acids is 1. The number of ether oxygens (including phenoxy) is 1. The fourth-order valence-corrected chi connectivity index (χ4v) is 5.80. The molecule has 0 saturated heterocycles. The molecule has 0 aromatic heterocycles. The number of hydrogen-bond donors (Lipinski definition) is 0. The van der Waals surface area contributed by atoms with Gasteiger partial charge in [0, 0.05) is 6.42 Å². The number of rotatable bonds is 33. The smallest absolute Gasteiger partial charge is 0.305 e. The highest BCUT2D eigenvalue weighted by molar-refractivity contribution is 5.69. The zero-order valence-electron chi connectivity index (χ0n) is 28.4. The first-order valence-electron chi connectivity index (χ1n) is 18.7. The lowest BCUT2D eigenvalue weighted by Crippen LogP contribution is -2.05. The first-order chi connectivity index (χ1) is 19.5. The molecule has 0 spiro atoms. The minimum Gasteiger partial charge on any atom is -0.466 e. The summed E-state index contributed by atoms with van der Waals surface area (Å²) < 4.78 is 5.45. The molecule has 0 saturated carbocycles. The summed E-state index contributed by atoms with van der Waals surface area (Å²) in [6, 6.07) is 0. The normalized spacial score (nSPS) is 11.7. The van der Waals surface area contributed by atoms with Crippen LogP contribution < -0.4 is 0 Å². The number of hydrogen-bond acceptors (Lipinski definition) is 2. The molecule has 0 atom stereocenters. The molecular weight excluding hydrogens is 488 g/mol. The van der Waals surface area contributed by atoms with Crippen LogP contribution in [-0.2, 0) is 9.53 Å². The number of unbranched alkanes of at least 4 members (excludes halogenated alkanes) is 25. The molecule has 0 aromatic carbocycles. The molecular formula is C38H76O2. The van der Waals surface area contributed by atoms with Crippen LogP contribution >= 0.6 is 0 Å². The predicted molar refractivity (Wildman–Crippen MR) is 179 cm³/mol. The summed E-state index contributed by atoms with van der Waals surface area (Å²) in [5.41, 5.74) is 0. The number of carbonyl (C=O) groups is 1. The molecule has 0 amide bonds. The maximum atomic E-state index is 11.9. The topological polar surface area (TPSA) is 26.3 Å². The molecule has 0 unspecified atom stereocenters. The lowest BCUT2D eigenvalue weighted by Gasteiger charge is -2.06. The SMILES string of the molecule is CC(C)CCCCCCCCCCCCCCCCCOC(=O)CCCCCCCCCCCCCCC(C)C. The summed E-state index contributed by atoms with van der Waals surface area (Å²) in [6.07, 6.45) is 40.2. The molecule has 40 heavy (non-hydrogen) atoms. The molecule has 0 rings (SSSR count). The van der Waals surface area contributed by atoms with E-state index in [0.717, 1.165) is 24.7 Å². The van der Waals surface area contributed by atoms with E-state index in [-0.39, 0.29) is 5.97 Å². The Labute approximate surface area is 254 Å². The summed E-state index contributed by atoms with van der Waals surface area (Å²) >= 11 is 0. The van der Waals surface area contributed by atoms with Crippen molar-refractivity contribution >= 4 is 5.97 Å². The van der Waals surface area contributed by atoms with Gasteiger partial charge < -0.3 is 4.74 Å². The second-order valence-electron chi connectivity index (χ2n) is 13.9. The minimum atomic E-state index is 0.0273. The molecule has 0 radical (unpaired) electrons. The van der Waals surface area contributed by atoms with Crippen molar-refractivity contribution in [2.45, 2.75) is 220 Å². The van der Waals surface area contributed by atoms with Crippen molar-refractivity contribution in [3.8, 4) is 0 Å². The average molecular weight is 565 g/mol. The molecule has 0 aliphatic rings. The van der Waals surface area contributed by atoms with Gasteiger partial charge in [0.05, 0.1) is 6.61 Å². The lowest BCUT2D eigenvalue weighted by atomic mass is 10.0. The van der Waals surface area contributed by atoms with E-state index in [1.54, 1.807) is 0 Å². The standard InChI is InChI=1S/C38H76O2/c1-36(2)32-28-24-20-16-12-8-6-5-7-11-15-19-23-27-31-35-40-38(39)34-30-26-22-18-14-10-9-13-17-21-25-29-33-37(3)4/h36-37H,5-35H2,1-4H3. The van der Waals surface area contributed by atoms with E-state index < -0.39 is 0 Å². The lowest BCUT2D eigenvalue weighted by molar-refractivity contribution is -0.143. The van der Waals surface area contributed by atoms with Gasteiger partial charge in [0.1, 0.15) is 0 Å². The van der Waals surface area contributed by atoms with E-state index in [1.165, 1.54) is 173 Å². The molecule has 0 aliphatic carbocycles. The second kappa shape index (κ2) is 33.0. The molecule has 0 bridgehead atoms. The van der Waals surface area contributed by atoms with Gasteiger partial charge in [-0.3, -0.25) is 4.79 Å². The van der Waals surface area contributed by atoms with Crippen LogP contribution in [0.4, 0.5) is 0 Å². The van der Waals surface area contributed by atoms with E-state index in [4.69, 9.17) is 4.74 Å². The Bertz CT molecular complexity index is 484. The van der Waals surface area contributed by atoms with Crippen molar-refractivity contribution in [3.05, 3.63) is 0 Å². The molecule has 0 N–H and O–H groups in total. The van der Waals surface area contributed by atoms with Crippen LogP contribution in [0.2, 0.25) is 0 Å². The molecule has 0 fully saturated rings. The molecule has 0 heterocycles. The zero-order valence-corrected chi connectivity index (χ0v) is 28.4. The monoisotopic (exact) mass is 565 g/mol. The van der Waals surface area contributed by atoms with Gasteiger partial charge in [-0.05, 0) is 24.7 Å². The quantitative estimate of drug-likeness (QED) is 0.0585. The van der Waals surface area contributed by atoms with Gasteiger partial charge in [0.15, 0.2) is 0 Å². The Morgan fingerprint density at radius 3 is 0.925 bits per heavy atom. The van der Waals surface area contributed by atoms with Crippen molar-refractivity contribution in [2.75, 3.05) is 6.61 Å². The van der Waals surface area contributed by atoms with E-state index in [2.05, 4.69) is 27.7 Å². The first kappa shape index (κ1) is 39.5. The highest BCUT2D eigenvalue weighted by Crippen LogP contribution is 2.16. The Balaban J connectivity index is 3.15. The predicted octanol–water partition coefficient (Wildman–Crippen LogP) is 13.5. The summed E-state index contributed by atoms with van der Waals surface area (Å²) in [7, 11) is 0. The van der Waals surface area contributed by atoms with Crippen LogP contribution in [0.1, 0.15) is 220 Å². The highest BCUT2D eigenvalue weighted by Gasteiger charge is 2.03. The van der Waals surface area contributed by atoms with Crippen LogP contribution in [0, 0.1) is 11.8 Å². The van der Waals surface area contributed by atoms with E-state index in [0.29, 0.717) is 13.0 Å². The fourth-order valence-electron chi connectivity index (χ4n) is 5.80. The van der Waals surface area contributed by atoms with Crippen LogP contribution in [0.5, 0.6) is 0 Å². The van der Waals surface area contributed by atoms with Gasteiger partial charge in [-0.15, -0.1) is 0 Å². The summed E-state index contributed by atoms with van der Waals surface area (Å²) in [6.45, 7) is 9.96. The number of esters is 1. The van der Waals surface area contributed by atoms with E-state index in [1.807, 2.05) is 0 Å². The van der Waals surface area contributed by atoms with Crippen molar-refractivity contribution in [1.82, 2.24) is 0 Å². The van der Waals surface area contributed by atoms with Crippen LogP contribution in [-0.4, -0.2) is 12.6 Å². The summed E-state index contributed by atoms with van der Waals surface area (Å²) in [4.78, 5) is 11.9. The summed E-state index contributed by atoms with van der Waals surface area (Å²) in [5.74, 6) is 1.77. The maximum Gasteiger partial charge on any atom is 0.305 e. The molecule has 2 heteroatoms. The Morgan fingerprint density at radius 1 is 0.375 bits per heavy atom. The third kappa shape index (κ3) is 35.5. The van der Waals surface area contributed by atoms with Gasteiger partial charge >= 0.3 is 5.97 Å². The molecule has 0 aliphatic heterocycles. The average Bonchev–Trinajstić information content (AvgIpc) is 2.92. The van der Waals surface area contributed by atoms with Crippen LogP contribution in [0.15, 0.2) is 0 Å². The highest BCUT2D eigenvalue weighted by atomic mass is 16.5. The first-order valence-corrected chi connectivity index (χ1v) is 18.7. The minimum absolute atomic E-state index is 0.0273. The van der Waals surface area contributed by atoms with E-state index in [9.17, 15) is 4.79 Å². The van der Waals surface area contributed by atoms with Crippen LogP contribution in [0.3, 0.4) is 0 Å². The Hall–Kier alpha value is -0.530. The van der Waals surface area contributed by atoms with Gasteiger partial charge in [-0.2, -0.15) is 0 Å². The van der Waals surface area contributed by atoms with Gasteiger partial charge in [-0.25, -0.2) is 0 Å². The third-order valence-corrected chi connectivity index (χ3v) is 8.60. The maximum absolute atomic E-state index is 11.9. The molecule has 2 nitrogen and oxygen atoms in total. The van der Waals surface area contributed by atoms with Crippen molar-refractivity contribution < 1.29 is 9.53 Å².